The maximum Gasteiger partial charge on any atom is 0.0650 e. The van der Waals surface area contributed by atoms with Crippen LogP contribution < -0.4 is 0 Å². The Bertz CT molecular complexity index is 702. The van der Waals surface area contributed by atoms with E-state index < -0.39 is 11.2 Å². The average molecular weight is 447 g/mol. The van der Waals surface area contributed by atoms with Crippen LogP contribution in [0.2, 0.25) is 0 Å². The normalized spacial score (nSPS) is 47.8. The predicted molar refractivity (Wildman–Crippen MR) is 134 cm³/mol. The molecular formula is C30H54O2. The molecule has 0 bridgehead atoms. The van der Waals surface area contributed by atoms with Gasteiger partial charge in [0.2, 0.25) is 0 Å². The molecule has 0 aromatic rings. The van der Waals surface area contributed by atoms with Gasteiger partial charge in [0.1, 0.15) is 0 Å². The number of rotatable bonds is 5. The van der Waals surface area contributed by atoms with Crippen LogP contribution in [0.5, 0.6) is 0 Å². The topological polar surface area (TPSA) is 40.5 Å². The first kappa shape index (κ1) is 25.0. The molecule has 4 aliphatic carbocycles. The summed E-state index contributed by atoms with van der Waals surface area (Å²) in [7, 11) is 0. The molecule has 186 valence electrons. The molecule has 32 heavy (non-hydrogen) atoms. The summed E-state index contributed by atoms with van der Waals surface area (Å²) in [4.78, 5) is 0. The molecule has 0 saturated heterocycles. The molecule has 4 rings (SSSR count). The SMILES string of the molecule is CC(C)(O)CCC[C@](C)(O)[C@H]1CC[C@]2(C)[C@@H]1CC[C@@H]1[C@@]3(C)CCCC(C)(C)[C@@H]3CC[C@]12C. The van der Waals surface area contributed by atoms with E-state index in [4.69, 9.17) is 0 Å². The molecule has 2 heteroatoms. The van der Waals surface area contributed by atoms with Crippen molar-refractivity contribution in [3.8, 4) is 0 Å². The van der Waals surface area contributed by atoms with Crippen LogP contribution in [-0.4, -0.2) is 21.4 Å². The Kier molecular flexibility index (Phi) is 6.03. The lowest BCUT2D eigenvalue weighted by molar-refractivity contribution is -0.208. The Morgan fingerprint density at radius 3 is 2.03 bits per heavy atom. The summed E-state index contributed by atoms with van der Waals surface area (Å²) in [5, 5.41) is 21.8. The molecule has 0 radical (unpaired) electrons. The zero-order valence-electron chi connectivity index (χ0n) is 22.7. The molecule has 2 nitrogen and oxygen atoms in total. The molecule has 4 aliphatic rings. The van der Waals surface area contributed by atoms with Crippen LogP contribution >= 0.6 is 0 Å². The smallest absolute Gasteiger partial charge is 0.0650 e. The summed E-state index contributed by atoms with van der Waals surface area (Å²) >= 11 is 0. The highest BCUT2D eigenvalue weighted by Gasteiger charge is 2.68. The van der Waals surface area contributed by atoms with Crippen molar-refractivity contribution in [3.05, 3.63) is 0 Å². The Morgan fingerprint density at radius 1 is 0.719 bits per heavy atom. The van der Waals surface area contributed by atoms with E-state index in [-0.39, 0.29) is 0 Å². The van der Waals surface area contributed by atoms with Gasteiger partial charge < -0.3 is 10.2 Å². The Hall–Kier alpha value is -0.0800. The summed E-state index contributed by atoms with van der Waals surface area (Å²) < 4.78 is 0. The highest BCUT2D eigenvalue weighted by atomic mass is 16.3. The van der Waals surface area contributed by atoms with E-state index >= 15 is 0 Å². The minimum absolute atomic E-state index is 0.358. The van der Waals surface area contributed by atoms with Crippen LogP contribution in [0.1, 0.15) is 132 Å². The van der Waals surface area contributed by atoms with Crippen LogP contribution in [-0.2, 0) is 0 Å². The second-order valence-corrected chi connectivity index (χ2v) is 15.2. The predicted octanol–water partition coefficient (Wildman–Crippen LogP) is 7.75. The molecular weight excluding hydrogens is 392 g/mol. The molecule has 4 saturated carbocycles. The first-order chi connectivity index (χ1) is 14.6. The second kappa shape index (κ2) is 7.71. The minimum Gasteiger partial charge on any atom is -0.390 e. The highest BCUT2D eigenvalue weighted by molar-refractivity contribution is 5.17. The molecule has 0 amide bonds. The fourth-order valence-electron chi connectivity index (χ4n) is 10.7. The van der Waals surface area contributed by atoms with Crippen LogP contribution in [0.15, 0.2) is 0 Å². The monoisotopic (exact) mass is 446 g/mol. The van der Waals surface area contributed by atoms with E-state index in [1.54, 1.807) is 0 Å². The maximum atomic E-state index is 11.7. The zero-order valence-corrected chi connectivity index (χ0v) is 22.7. The van der Waals surface area contributed by atoms with Gasteiger partial charge in [0.15, 0.2) is 0 Å². The van der Waals surface area contributed by atoms with Gasteiger partial charge in [-0.15, -0.1) is 0 Å². The van der Waals surface area contributed by atoms with Gasteiger partial charge in [0, 0.05) is 0 Å². The van der Waals surface area contributed by atoms with Crippen LogP contribution in [0.4, 0.5) is 0 Å². The van der Waals surface area contributed by atoms with Crippen LogP contribution in [0.3, 0.4) is 0 Å². The lowest BCUT2D eigenvalue weighted by atomic mass is 9.35. The maximum absolute atomic E-state index is 11.7. The van der Waals surface area contributed by atoms with Gasteiger partial charge in [-0.2, -0.15) is 0 Å². The lowest BCUT2D eigenvalue weighted by Crippen LogP contribution is -2.62. The zero-order chi connectivity index (χ0) is 23.8. The quantitative estimate of drug-likeness (QED) is 0.453. The Morgan fingerprint density at radius 2 is 1.38 bits per heavy atom. The molecule has 8 atom stereocenters. The van der Waals surface area contributed by atoms with E-state index in [0.29, 0.717) is 33.5 Å². The van der Waals surface area contributed by atoms with Crippen molar-refractivity contribution in [3.63, 3.8) is 0 Å². The molecule has 0 aliphatic heterocycles. The van der Waals surface area contributed by atoms with Crippen molar-refractivity contribution in [2.45, 2.75) is 144 Å². The highest BCUT2D eigenvalue weighted by Crippen LogP contribution is 2.75. The number of hydrogen-bond acceptors (Lipinski definition) is 2. The molecule has 0 aromatic carbocycles. The van der Waals surface area contributed by atoms with Gasteiger partial charge in [-0.3, -0.25) is 0 Å². The van der Waals surface area contributed by atoms with Crippen molar-refractivity contribution in [2.75, 3.05) is 0 Å². The Balaban J connectivity index is 1.57. The molecule has 0 aromatic heterocycles. The number of aliphatic hydroxyl groups is 2. The van der Waals surface area contributed by atoms with E-state index in [1.807, 2.05) is 13.8 Å². The van der Waals surface area contributed by atoms with Crippen molar-refractivity contribution in [1.29, 1.82) is 0 Å². The van der Waals surface area contributed by atoms with E-state index in [9.17, 15) is 10.2 Å². The van der Waals surface area contributed by atoms with Gasteiger partial charge in [-0.25, -0.2) is 0 Å². The largest absolute Gasteiger partial charge is 0.390 e. The first-order valence-corrected chi connectivity index (χ1v) is 14.0. The fraction of sp³-hybridized carbons (Fsp3) is 1.00. The van der Waals surface area contributed by atoms with Gasteiger partial charge in [-0.1, -0.05) is 41.0 Å². The van der Waals surface area contributed by atoms with E-state index in [0.717, 1.165) is 31.1 Å². The minimum atomic E-state index is -0.631. The third kappa shape index (κ3) is 3.73. The van der Waals surface area contributed by atoms with Gasteiger partial charge in [-0.05, 0) is 137 Å². The molecule has 0 spiro atoms. The lowest BCUT2D eigenvalue weighted by Gasteiger charge is -2.69. The molecule has 4 fully saturated rings. The summed E-state index contributed by atoms with van der Waals surface area (Å²) in [6.07, 6.45) is 14.7. The summed E-state index contributed by atoms with van der Waals surface area (Å²) in [5.41, 5.74) is 0.520. The Labute approximate surface area is 199 Å². The van der Waals surface area contributed by atoms with Crippen molar-refractivity contribution < 1.29 is 10.2 Å². The molecule has 2 N–H and O–H groups in total. The van der Waals surface area contributed by atoms with Crippen LogP contribution in [0, 0.1) is 45.3 Å². The third-order valence-electron chi connectivity index (χ3n) is 12.4. The van der Waals surface area contributed by atoms with Crippen molar-refractivity contribution in [1.82, 2.24) is 0 Å². The summed E-state index contributed by atoms with van der Waals surface area (Å²) in [6, 6.07) is 0. The molecule has 0 heterocycles. The van der Waals surface area contributed by atoms with Crippen LogP contribution in [0.25, 0.3) is 0 Å². The van der Waals surface area contributed by atoms with Crippen molar-refractivity contribution >= 4 is 0 Å². The summed E-state index contributed by atoms with van der Waals surface area (Å²) in [5.74, 6) is 2.79. The van der Waals surface area contributed by atoms with E-state index in [1.165, 1.54) is 57.8 Å². The molecule has 0 unspecified atom stereocenters. The van der Waals surface area contributed by atoms with Gasteiger partial charge in [0.05, 0.1) is 11.2 Å². The van der Waals surface area contributed by atoms with Crippen molar-refractivity contribution in [2.24, 2.45) is 45.3 Å². The van der Waals surface area contributed by atoms with E-state index in [2.05, 4.69) is 41.5 Å². The van der Waals surface area contributed by atoms with Gasteiger partial charge in [0.25, 0.3) is 0 Å². The summed E-state index contributed by atoms with van der Waals surface area (Å²) in [6.45, 7) is 19.0. The fourth-order valence-corrected chi connectivity index (χ4v) is 10.7. The first-order valence-electron chi connectivity index (χ1n) is 14.0. The number of fused-ring (bicyclic) bond motifs is 5. The average Bonchev–Trinajstić information content (AvgIpc) is 2.99. The standard InChI is InChI=1S/C30H54O2/c1-25(2)15-9-17-27(5)23(25)14-20-29(7)24(27)12-11-21-22(13-19-28(21,29)6)30(8,32)18-10-16-26(3,4)31/h21-24,31-32H,9-20H2,1-8H3/t21-,22+,23+,24-,27+,28-,29-,30+/m1/s1. The number of hydrogen-bond donors (Lipinski definition) is 2. The third-order valence-corrected chi connectivity index (χ3v) is 12.4. The van der Waals surface area contributed by atoms with Gasteiger partial charge >= 0.3 is 0 Å². The second-order valence-electron chi connectivity index (χ2n) is 15.2.